The van der Waals surface area contributed by atoms with Gasteiger partial charge in [0, 0.05) is 17.1 Å². The summed E-state index contributed by atoms with van der Waals surface area (Å²) < 4.78 is 0. The molecule has 0 saturated heterocycles. The first kappa shape index (κ1) is 14.3. The summed E-state index contributed by atoms with van der Waals surface area (Å²) in [6.45, 7) is 6.81. The van der Waals surface area contributed by atoms with E-state index in [1.54, 1.807) is 11.8 Å². The molecule has 102 valence electrons. The van der Waals surface area contributed by atoms with E-state index in [0.29, 0.717) is 11.7 Å². The second kappa shape index (κ2) is 5.89. The molecule has 0 radical (unpaired) electrons. The number of rotatable bonds is 6. The van der Waals surface area contributed by atoms with E-state index < -0.39 is 5.54 Å². The highest BCUT2D eigenvalue weighted by Crippen LogP contribution is 2.41. The molecule has 2 rings (SSSR count). The molecule has 0 aliphatic heterocycles. The van der Waals surface area contributed by atoms with Crippen LogP contribution in [0.4, 0.5) is 0 Å². The van der Waals surface area contributed by atoms with Crippen molar-refractivity contribution in [3.05, 3.63) is 17.5 Å². The summed E-state index contributed by atoms with van der Waals surface area (Å²) in [7, 11) is 0. The number of nitriles is 1. The van der Waals surface area contributed by atoms with E-state index in [1.807, 2.05) is 26.8 Å². The lowest BCUT2D eigenvalue weighted by Crippen LogP contribution is -2.48. The van der Waals surface area contributed by atoms with Crippen LogP contribution in [0.5, 0.6) is 0 Å². The van der Waals surface area contributed by atoms with Crippen LogP contribution in [0, 0.1) is 31.1 Å². The molecule has 1 atom stereocenters. The first-order valence-corrected chi connectivity index (χ1v) is 7.69. The fraction of sp³-hybridized carbons (Fsp3) is 0.643. The Morgan fingerprint density at radius 3 is 2.53 bits per heavy atom. The Morgan fingerprint density at radius 1 is 1.42 bits per heavy atom. The molecule has 1 aromatic rings. The number of hydrogen-bond donors (Lipinski definition) is 1. The fourth-order valence-corrected chi connectivity index (χ4v) is 3.48. The van der Waals surface area contributed by atoms with Gasteiger partial charge in [0.05, 0.1) is 6.07 Å². The summed E-state index contributed by atoms with van der Waals surface area (Å²) in [6, 6.07) is 4.46. The third kappa shape index (κ3) is 3.46. The van der Waals surface area contributed by atoms with E-state index in [2.05, 4.69) is 21.4 Å². The Labute approximate surface area is 119 Å². The van der Waals surface area contributed by atoms with Crippen molar-refractivity contribution in [3.63, 3.8) is 0 Å². The van der Waals surface area contributed by atoms with E-state index in [9.17, 15) is 5.26 Å². The molecule has 0 amide bonds. The Morgan fingerprint density at radius 2 is 2.05 bits per heavy atom. The molecule has 1 heterocycles. The van der Waals surface area contributed by atoms with E-state index in [-0.39, 0.29) is 0 Å². The van der Waals surface area contributed by atoms with Gasteiger partial charge in [-0.15, -0.1) is 0 Å². The minimum absolute atomic E-state index is 0.416. The van der Waals surface area contributed by atoms with Crippen LogP contribution in [0.1, 0.15) is 31.2 Å². The molecule has 19 heavy (non-hydrogen) atoms. The molecule has 5 heteroatoms. The zero-order valence-electron chi connectivity index (χ0n) is 11.7. The summed E-state index contributed by atoms with van der Waals surface area (Å²) in [5, 5.41) is 13.7. The fourth-order valence-electron chi connectivity index (χ4n) is 2.30. The number of aryl methyl sites for hydroxylation is 2. The average Bonchev–Trinajstić information content (AvgIpc) is 3.18. The summed E-state index contributed by atoms with van der Waals surface area (Å²) in [5.74, 6) is 1.20. The van der Waals surface area contributed by atoms with Gasteiger partial charge in [-0.2, -0.15) is 5.26 Å². The van der Waals surface area contributed by atoms with Gasteiger partial charge >= 0.3 is 0 Å². The third-order valence-corrected chi connectivity index (χ3v) is 4.40. The standard InChI is InChI=1S/C14H20N4S/c1-4-16-14(8-15,12-5-6-12)9-19-13-17-10(2)7-11(3)18-13/h7,12,16H,4-6,9H2,1-3H3. The molecular formula is C14H20N4S. The van der Waals surface area contributed by atoms with Gasteiger partial charge < -0.3 is 0 Å². The number of nitrogens with zero attached hydrogens (tertiary/aromatic N) is 3. The predicted octanol–water partition coefficient (Wildman–Crippen LogP) is 2.47. The van der Waals surface area contributed by atoms with Crippen LogP contribution in [0.3, 0.4) is 0 Å². The Kier molecular flexibility index (Phi) is 4.43. The van der Waals surface area contributed by atoms with Gasteiger partial charge in [-0.05, 0) is 45.2 Å². The smallest absolute Gasteiger partial charge is 0.188 e. The number of aromatic nitrogens is 2. The Bertz CT molecular complexity index is 472. The molecule has 1 aliphatic carbocycles. The van der Waals surface area contributed by atoms with Gasteiger partial charge in [0.25, 0.3) is 0 Å². The summed E-state index contributed by atoms with van der Waals surface area (Å²) >= 11 is 1.58. The molecule has 1 aromatic heterocycles. The Balaban J connectivity index is 2.08. The SMILES string of the molecule is CCNC(C#N)(CSc1nc(C)cc(C)n1)C1CC1. The minimum Gasteiger partial charge on any atom is -0.299 e. The largest absolute Gasteiger partial charge is 0.299 e. The van der Waals surface area contributed by atoms with Crippen molar-refractivity contribution in [1.82, 2.24) is 15.3 Å². The quantitative estimate of drug-likeness (QED) is 0.639. The van der Waals surface area contributed by atoms with Crippen molar-refractivity contribution in [2.24, 2.45) is 5.92 Å². The third-order valence-electron chi connectivity index (χ3n) is 3.36. The molecule has 1 saturated carbocycles. The average molecular weight is 276 g/mol. The molecule has 1 N–H and O–H groups in total. The molecule has 0 spiro atoms. The van der Waals surface area contributed by atoms with Crippen LogP contribution in [-0.2, 0) is 0 Å². The monoisotopic (exact) mass is 276 g/mol. The van der Waals surface area contributed by atoms with Crippen LogP contribution in [0.25, 0.3) is 0 Å². The van der Waals surface area contributed by atoms with Crippen molar-refractivity contribution in [2.75, 3.05) is 12.3 Å². The summed E-state index contributed by atoms with van der Waals surface area (Å²) in [4.78, 5) is 8.85. The van der Waals surface area contributed by atoms with E-state index in [4.69, 9.17) is 0 Å². The molecule has 4 nitrogen and oxygen atoms in total. The molecule has 1 aliphatic rings. The second-order valence-electron chi connectivity index (χ2n) is 5.11. The molecule has 0 aromatic carbocycles. The predicted molar refractivity (Wildman–Crippen MR) is 77.0 cm³/mol. The van der Waals surface area contributed by atoms with E-state index in [1.165, 1.54) is 0 Å². The van der Waals surface area contributed by atoms with Gasteiger partial charge in [-0.1, -0.05) is 18.7 Å². The minimum atomic E-state index is -0.416. The lowest BCUT2D eigenvalue weighted by Gasteiger charge is -2.26. The van der Waals surface area contributed by atoms with Crippen LogP contribution < -0.4 is 5.32 Å². The number of thioether (sulfide) groups is 1. The zero-order valence-corrected chi connectivity index (χ0v) is 12.5. The highest BCUT2D eigenvalue weighted by atomic mass is 32.2. The number of nitrogens with one attached hydrogen (secondary N) is 1. The maximum Gasteiger partial charge on any atom is 0.188 e. The Hall–Kier alpha value is -1.12. The molecular weight excluding hydrogens is 256 g/mol. The van der Waals surface area contributed by atoms with Gasteiger partial charge in [0.2, 0.25) is 0 Å². The molecule has 1 fully saturated rings. The van der Waals surface area contributed by atoms with Gasteiger partial charge in [0.1, 0.15) is 5.54 Å². The van der Waals surface area contributed by atoms with E-state index in [0.717, 1.165) is 35.9 Å². The summed E-state index contributed by atoms with van der Waals surface area (Å²) in [5.41, 5.74) is 1.54. The van der Waals surface area contributed by atoms with Crippen LogP contribution in [-0.4, -0.2) is 27.8 Å². The zero-order chi connectivity index (χ0) is 13.9. The second-order valence-corrected chi connectivity index (χ2v) is 6.05. The summed E-state index contributed by atoms with van der Waals surface area (Å²) in [6.07, 6.45) is 2.30. The highest BCUT2D eigenvalue weighted by Gasteiger charge is 2.45. The lowest BCUT2D eigenvalue weighted by atomic mass is 9.98. The van der Waals surface area contributed by atoms with Gasteiger partial charge in [0.15, 0.2) is 5.16 Å². The van der Waals surface area contributed by atoms with Crippen molar-refractivity contribution in [2.45, 2.75) is 44.3 Å². The molecule has 0 bridgehead atoms. The molecule has 1 unspecified atom stereocenters. The normalized spacial score (nSPS) is 17.8. The van der Waals surface area contributed by atoms with Crippen molar-refractivity contribution in [3.8, 4) is 6.07 Å². The van der Waals surface area contributed by atoms with Crippen LogP contribution in [0.2, 0.25) is 0 Å². The van der Waals surface area contributed by atoms with Gasteiger partial charge in [-0.25, -0.2) is 9.97 Å². The van der Waals surface area contributed by atoms with Crippen LogP contribution in [0.15, 0.2) is 11.2 Å². The van der Waals surface area contributed by atoms with E-state index >= 15 is 0 Å². The van der Waals surface area contributed by atoms with Crippen LogP contribution >= 0.6 is 11.8 Å². The first-order valence-electron chi connectivity index (χ1n) is 6.71. The maximum atomic E-state index is 9.54. The lowest BCUT2D eigenvalue weighted by molar-refractivity contribution is 0.415. The first-order chi connectivity index (χ1) is 9.09. The maximum absolute atomic E-state index is 9.54. The van der Waals surface area contributed by atoms with Gasteiger partial charge in [-0.3, -0.25) is 5.32 Å². The van der Waals surface area contributed by atoms with Crippen molar-refractivity contribution in [1.29, 1.82) is 5.26 Å². The van der Waals surface area contributed by atoms with Crippen molar-refractivity contribution < 1.29 is 0 Å². The topological polar surface area (TPSA) is 61.6 Å². The van der Waals surface area contributed by atoms with Crippen molar-refractivity contribution >= 4 is 11.8 Å². The number of hydrogen-bond acceptors (Lipinski definition) is 5. The highest BCUT2D eigenvalue weighted by molar-refractivity contribution is 7.99.